The minimum atomic E-state index is -5.54. The lowest BCUT2D eigenvalue weighted by molar-refractivity contribution is -0.283. The number of alkyl halides is 6. The summed E-state index contributed by atoms with van der Waals surface area (Å²) < 4.78 is 117. The molecule has 1 aromatic carbocycles. The molecule has 1 saturated carbocycles. The summed E-state index contributed by atoms with van der Waals surface area (Å²) >= 11 is 0. The summed E-state index contributed by atoms with van der Waals surface area (Å²) in [5, 5.41) is 2.40. The fourth-order valence-electron chi connectivity index (χ4n) is 4.93. The van der Waals surface area contributed by atoms with Crippen molar-refractivity contribution in [1.29, 1.82) is 0 Å². The van der Waals surface area contributed by atoms with Crippen molar-refractivity contribution < 1.29 is 43.9 Å². The van der Waals surface area contributed by atoms with Crippen LogP contribution in [0.3, 0.4) is 0 Å². The number of benzene rings is 1. The number of carbonyl (C=O) groups excluding carboxylic acids is 1. The zero-order valence-corrected chi connectivity index (χ0v) is 22.4. The lowest BCUT2D eigenvalue weighted by Crippen LogP contribution is -2.38. The molecule has 0 bridgehead atoms. The Morgan fingerprint density at radius 2 is 1.69 bits per heavy atom. The van der Waals surface area contributed by atoms with E-state index in [1.54, 1.807) is 6.92 Å². The number of carbonyl (C=O) groups is 1. The second-order valence-corrected chi connectivity index (χ2v) is 12.3. The van der Waals surface area contributed by atoms with Crippen molar-refractivity contribution in [1.82, 2.24) is 14.9 Å². The minimum absolute atomic E-state index is 0.00866. The average molecular weight is 586 g/mol. The predicted octanol–water partition coefficient (Wildman–Crippen LogP) is 5.50. The van der Waals surface area contributed by atoms with Gasteiger partial charge in [0.1, 0.15) is 27.2 Å². The molecule has 218 valence electrons. The highest BCUT2D eigenvalue weighted by molar-refractivity contribution is 7.91. The summed E-state index contributed by atoms with van der Waals surface area (Å²) in [4.78, 5) is 17.2. The standard InChI is InChI=1S/C25H30F7N3O3S/c1-4-21-34-22(23(36)33-13-15-5-8-17(9-6-15)39(3,37)38)14(2)35(21)19-10-7-16(11-18(19)26)12-20(24(27,28)29)25(30,31)32/h7,10-11,15,17,20H,4-6,8-9,12-13H2,1-3H3,(H,33,36)/t15-,17-. The van der Waals surface area contributed by atoms with Crippen LogP contribution >= 0.6 is 0 Å². The van der Waals surface area contributed by atoms with E-state index in [4.69, 9.17) is 0 Å². The molecule has 39 heavy (non-hydrogen) atoms. The van der Waals surface area contributed by atoms with Crippen molar-refractivity contribution in [2.45, 2.75) is 70.0 Å². The number of hydrogen-bond donors (Lipinski definition) is 1. The number of nitrogens with one attached hydrogen (secondary N) is 1. The quantitative estimate of drug-likeness (QED) is 0.415. The molecule has 1 heterocycles. The zero-order valence-electron chi connectivity index (χ0n) is 21.6. The van der Waals surface area contributed by atoms with Gasteiger partial charge in [0, 0.05) is 19.2 Å². The molecule has 3 rings (SSSR count). The van der Waals surface area contributed by atoms with E-state index in [0.29, 0.717) is 38.3 Å². The summed E-state index contributed by atoms with van der Waals surface area (Å²) in [6, 6.07) is 2.70. The molecule has 1 aliphatic carbocycles. The zero-order chi connectivity index (χ0) is 29.3. The fraction of sp³-hybridized carbons (Fsp3) is 0.600. The molecule has 1 amide bonds. The number of nitrogens with zero attached hydrogens (tertiary/aromatic N) is 2. The summed E-state index contributed by atoms with van der Waals surface area (Å²) in [6.45, 7) is 3.50. The molecule has 0 unspecified atom stereocenters. The Morgan fingerprint density at radius 3 is 2.18 bits per heavy atom. The van der Waals surface area contributed by atoms with Crippen LogP contribution in [0.25, 0.3) is 5.69 Å². The monoisotopic (exact) mass is 585 g/mol. The first-order chi connectivity index (χ1) is 17.9. The molecule has 0 aliphatic heterocycles. The maximum atomic E-state index is 15.0. The van der Waals surface area contributed by atoms with E-state index in [2.05, 4.69) is 10.3 Å². The van der Waals surface area contributed by atoms with Crippen molar-refractivity contribution in [3.63, 3.8) is 0 Å². The van der Waals surface area contributed by atoms with Gasteiger partial charge in [-0.05, 0) is 62.6 Å². The van der Waals surface area contributed by atoms with Gasteiger partial charge in [-0.15, -0.1) is 0 Å². The summed E-state index contributed by atoms with van der Waals surface area (Å²) in [6.07, 6.45) is -8.80. The van der Waals surface area contributed by atoms with E-state index in [1.165, 1.54) is 17.7 Å². The van der Waals surface area contributed by atoms with Gasteiger partial charge < -0.3 is 5.32 Å². The number of halogens is 7. The lowest BCUT2D eigenvalue weighted by atomic mass is 9.89. The van der Waals surface area contributed by atoms with Crippen molar-refractivity contribution >= 4 is 15.7 Å². The predicted molar refractivity (Wildman–Crippen MR) is 130 cm³/mol. The van der Waals surface area contributed by atoms with Crippen LogP contribution in [0.4, 0.5) is 30.7 Å². The van der Waals surface area contributed by atoms with E-state index in [9.17, 15) is 39.6 Å². The Bertz CT molecular complexity index is 1280. The van der Waals surface area contributed by atoms with E-state index in [0.717, 1.165) is 12.1 Å². The van der Waals surface area contributed by atoms with Crippen LogP contribution in [0.15, 0.2) is 18.2 Å². The topological polar surface area (TPSA) is 81.1 Å². The molecule has 14 heteroatoms. The molecule has 6 nitrogen and oxygen atoms in total. The van der Waals surface area contributed by atoms with Crippen LogP contribution in [-0.4, -0.2) is 54.3 Å². The van der Waals surface area contributed by atoms with E-state index in [1.807, 2.05) is 0 Å². The van der Waals surface area contributed by atoms with Gasteiger partial charge in [0.25, 0.3) is 5.91 Å². The van der Waals surface area contributed by atoms with E-state index in [-0.39, 0.29) is 40.5 Å². The maximum absolute atomic E-state index is 15.0. The molecule has 0 spiro atoms. The van der Waals surface area contributed by atoms with Crippen LogP contribution in [0.1, 0.15) is 60.2 Å². The van der Waals surface area contributed by atoms with Crippen molar-refractivity contribution in [2.24, 2.45) is 11.8 Å². The number of imidazole rings is 1. The third-order valence-corrected chi connectivity index (χ3v) is 8.82. The number of amides is 1. The highest BCUT2D eigenvalue weighted by Gasteiger charge is 2.56. The Labute approximate surface area is 221 Å². The van der Waals surface area contributed by atoms with Crippen LogP contribution < -0.4 is 5.32 Å². The van der Waals surface area contributed by atoms with E-state index < -0.39 is 51.8 Å². The highest BCUT2D eigenvalue weighted by Crippen LogP contribution is 2.41. The second-order valence-electron chi connectivity index (χ2n) is 9.96. The third-order valence-electron chi connectivity index (χ3n) is 7.14. The van der Waals surface area contributed by atoms with E-state index >= 15 is 4.39 Å². The summed E-state index contributed by atoms with van der Waals surface area (Å²) in [7, 11) is -3.12. The maximum Gasteiger partial charge on any atom is 0.400 e. The van der Waals surface area contributed by atoms with Gasteiger partial charge in [-0.3, -0.25) is 9.36 Å². The third kappa shape index (κ3) is 7.31. The number of aryl methyl sites for hydroxylation is 1. The Hall–Kier alpha value is -2.64. The Morgan fingerprint density at radius 1 is 1.10 bits per heavy atom. The van der Waals surface area contributed by atoms with Crippen molar-refractivity contribution in [3.05, 3.63) is 46.8 Å². The molecule has 1 N–H and O–H groups in total. The van der Waals surface area contributed by atoms with Gasteiger partial charge in [-0.25, -0.2) is 17.8 Å². The molecule has 1 aliphatic rings. The molecule has 0 radical (unpaired) electrons. The van der Waals surface area contributed by atoms with Gasteiger partial charge >= 0.3 is 12.4 Å². The smallest absolute Gasteiger partial charge is 0.350 e. The normalized spacial score (nSPS) is 18.9. The molecule has 1 aromatic heterocycles. The largest absolute Gasteiger partial charge is 0.400 e. The Balaban J connectivity index is 1.78. The van der Waals surface area contributed by atoms with Gasteiger partial charge in [-0.1, -0.05) is 13.0 Å². The molecule has 0 atom stereocenters. The highest BCUT2D eigenvalue weighted by atomic mass is 32.2. The molecule has 2 aromatic rings. The van der Waals surface area contributed by atoms with Crippen LogP contribution in [-0.2, 0) is 22.7 Å². The lowest BCUT2D eigenvalue weighted by Gasteiger charge is -2.27. The number of rotatable bonds is 8. The number of hydrogen-bond acceptors (Lipinski definition) is 4. The molecule has 0 saturated heterocycles. The fourth-order valence-corrected chi connectivity index (χ4v) is 6.06. The summed E-state index contributed by atoms with van der Waals surface area (Å²) in [5.41, 5.74) is -0.376. The molecule has 1 fully saturated rings. The minimum Gasteiger partial charge on any atom is -0.350 e. The van der Waals surface area contributed by atoms with Gasteiger partial charge in [-0.2, -0.15) is 26.3 Å². The molecular formula is C25H30F7N3O3S. The number of aromatic nitrogens is 2. The van der Waals surface area contributed by atoms with Gasteiger partial charge in [0.05, 0.1) is 16.6 Å². The van der Waals surface area contributed by atoms with Gasteiger partial charge in [0.15, 0.2) is 5.92 Å². The van der Waals surface area contributed by atoms with Gasteiger partial charge in [0.2, 0.25) is 0 Å². The summed E-state index contributed by atoms with van der Waals surface area (Å²) in [5.74, 6) is -4.85. The van der Waals surface area contributed by atoms with Crippen molar-refractivity contribution in [3.8, 4) is 5.69 Å². The van der Waals surface area contributed by atoms with Crippen molar-refractivity contribution in [2.75, 3.05) is 12.8 Å². The Kier molecular flexibility index (Phi) is 9.08. The second kappa shape index (κ2) is 11.5. The first-order valence-corrected chi connectivity index (χ1v) is 14.4. The number of sulfone groups is 1. The van der Waals surface area contributed by atoms with Crippen LogP contribution in [0.5, 0.6) is 0 Å². The SMILES string of the molecule is CCc1nc(C(=O)NC[C@H]2CC[C@H](S(C)(=O)=O)CC2)c(C)n1-c1ccc(CC(C(F)(F)F)C(F)(F)F)cc1F. The van der Waals surface area contributed by atoms with Crippen LogP contribution in [0.2, 0.25) is 0 Å². The first-order valence-electron chi connectivity index (χ1n) is 12.4. The average Bonchev–Trinajstić information content (AvgIpc) is 3.15. The first kappa shape index (κ1) is 30.9. The molecular weight excluding hydrogens is 555 g/mol. The van der Waals surface area contributed by atoms with Crippen LogP contribution in [0, 0.1) is 24.6 Å².